The number of hydrogen-bond acceptors (Lipinski definition) is 4. The summed E-state index contributed by atoms with van der Waals surface area (Å²) in [6.45, 7) is 5.62. The lowest BCUT2D eigenvalue weighted by Crippen LogP contribution is -2.21. The molecular weight excluding hydrogens is 454 g/mol. The van der Waals surface area contributed by atoms with Crippen molar-refractivity contribution in [3.05, 3.63) is 57.6 Å². The molecule has 2 aromatic rings. The minimum Gasteiger partial charge on any atom is -0.490 e. The molecule has 0 bridgehead atoms. The minimum absolute atomic E-state index is 0. The molecule has 164 valence electrons. The van der Waals surface area contributed by atoms with Gasteiger partial charge in [-0.15, -0.1) is 24.8 Å². The average Bonchev–Trinajstić information content (AvgIpc) is 2.62. The Balaban J connectivity index is 0.00000392. The van der Waals surface area contributed by atoms with Gasteiger partial charge >= 0.3 is 0 Å². The molecule has 29 heavy (non-hydrogen) atoms. The molecule has 0 radical (unpaired) electrons. The van der Waals surface area contributed by atoms with Gasteiger partial charge in [0.1, 0.15) is 6.61 Å². The van der Waals surface area contributed by atoms with Gasteiger partial charge in [-0.3, -0.25) is 0 Å². The summed E-state index contributed by atoms with van der Waals surface area (Å²) in [5, 5.41) is 4.69. The van der Waals surface area contributed by atoms with Gasteiger partial charge in [0.05, 0.1) is 6.61 Å². The maximum Gasteiger partial charge on any atom is 0.166 e. The molecule has 0 unspecified atom stereocenters. The van der Waals surface area contributed by atoms with Crippen molar-refractivity contribution in [1.29, 1.82) is 0 Å². The van der Waals surface area contributed by atoms with Crippen molar-refractivity contribution in [2.45, 2.75) is 26.5 Å². The third-order valence-corrected chi connectivity index (χ3v) is 4.61. The van der Waals surface area contributed by atoms with E-state index in [1.807, 2.05) is 31.2 Å². The van der Waals surface area contributed by atoms with Gasteiger partial charge in [-0.2, -0.15) is 0 Å². The molecule has 4 nitrogen and oxygen atoms in total. The zero-order valence-corrected chi connectivity index (χ0v) is 20.2. The predicted octanol–water partition coefficient (Wildman–Crippen LogP) is 5.86. The number of nitrogens with zero attached hydrogens (tertiary/aromatic N) is 1. The number of para-hydroxylation sites is 1. The van der Waals surface area contributed by atoms with Gasteiger partial charge in [0, 0.05) is 27.7 Å². The first-order valence-corrected chi connectivity index (χ1v) is 9.93. The second kappa shape index (κ2) is 15.0. The third-order valence-electron chi connectivity index (χ3n) is 4.02. The van der Waals surface area contributed by atoms with Crippen molar-refractivity contribution in [1.82, 2.24) is 10.2 Å². The highest BCUT2D eigenvalue weighted by molar-refractivity contribution is 6.35. The molecule has 2 aromatic carbocycles. The molecule has 8 heteroatoms. The standard InChI is InChI=1S/C21H28Cl2N2O2.2ClH/c1-4-26-20-8-5-7-16(14-24-11-6-12-25(2)3)21(20)27-15-17-9-10-18(22)13-19(17)23;;/h5,7-10,13,24H,4,6,11-12,14-15H2,1-3H3;2*1H. The summed E-state index contributed by atoms with van der Waals surface area (Å²) in [6.07, 6.45) is 1.09. The molecular formula is C21H30Cl4N2O2. The maximum atomic E-state index is 6.27. The topological polar surface area (TPSA) is 33.7 Å². The number of rotatable bonds is 11. The lowest BCUT2D eigenvalue weighted by molar-refractivity contribution is 0.266. The van der Waals surface area contributed by atoms with Gasteiger partial charge < -0.3 is 19.7 Å². The molecule has 0 saturated heterocycles. The van der Waals surface area contributed by atoms with Crippen LogP contribution in [0.1, 0.15) is 24.5 Å². The number of halogens is 4. The van der Waals surface area contributed by atoms with Crippen LogP contribution in [0.3, 0.4) is 0 Å². The molecule has 1 N–H and O–H groups in total. The molecule has 0 heterocycles. The fourth-order valence-electron chi connectivity index (χ4n) is 2.67. The third kappa shape index (κ3) is 9.65. The molecule has 0 spiro atoms. The van der Waals surface area contributed by atoms with Crippen molar-refractivity contribution < 1.29 is 9.47 Å². The van der Waals surface area contributed by atoms with Gasteiger partial charge in [0.25, 0.3) is 0 Å². The highest BCUT2D eigenvalue weighted by Crippen LogP contribution is 2.33. The van der Waals surface area contributed by atoms with E-state index < -0.39 is 0 Å². The van der Waals surface area contributed by atoms with Crippen LogP contribution < -0.4 is 14.8 Å². The van der Waals surface area contributed by atoms with E-state index in [1.54, 1.807) is 6.07 Å². The van der Waals surface area contributed by atoms with Gasteiger partial charge in [-0.25, -0.2) is 0 Å². The monoisotopic (exact) mass is 482 g/mol. The summed E-state index contributed by atoms with van der Waals surface area (Å²) in [6, 6.07) is 11.4. The highest BCUT2D eigenvalue weighted by Gasteiger charge is 2.12. The Morgan fingerprint density at radius 3 is 2.41 bits per heavy atom. The first-order chi connectivity index (χ1) is 13.0. The molecule has 0 aromatic heterocycles. The van der Waals surface area contributed by atoms with Crippen molar-refractivity contribution in [3.63, 3.8) is 0 Å². The lowest BCUT2D eigenvalue weighted by atomic mass is 10.1. The Kier molecular flexibility index (Phi) is 14.5. The smallest absolute Gasteiger partial charge is 0.166 e. The molecule has 0 aliphatic heterocycles. The van der Waals surface area contributed by atoms with Crippen molar-refractivity contribution in [2.24, 2.45) is 0 Å². The number of ether oxygens (including phenoxy) is 2. The fraction of sp³-hybridized carbons (Fsp3) is 0.429. The maximum absolute atomic E-state index is 6.27. The number of nitrogens with one attached hydrogen (secondary N) is 1. The Labute approximate surface area is 196 Å². The van der Waals surface area contributed by atoms with E-state index in [4.69, 9.17) is 32.7 Å². The Morgan fingerprint density at radius 2 is 1.76 bits per heavy atom. The highest BCUT2D eigenvalue weighted by atomic mass is 35.5. The second-order valence-electron chi connectivity index (χ2n) is 6.54. The summed E-state index contributed by atoms with van der Waals surface area (Å²) in [4.78, 5) is 2.18. The van der Waals surface area contributed by atoms with Gasteiger partial charge in [-0.1, -0.05) is 41.4 Å². The van der Waals surface area contributed by atoms with E-state index in [9.17, 15) is 0 Å². The zero-order valence-electron chi connectivity index (χ0n) is 17.0. The van der Waals surface area contributed by atoms with Crippen LogP contribution in [0.25, 0.3) is 0 Å². The van der Waals surface area contributed by atoms with Crippen LogP contribution in [0.15, 0.2) is 36.4 Å². The molecule has 0 atom stereocenters. The predicted molar refractivity (Wildman–Crippen MR) is 128 cm³/mol. The van der Waals surface area contributed by atoms with Crippen molar-refractivity contribution in [3.8, 4) is 11.5 Å². The molecule has 2 rings (SSSR count). The first-order valence-electron chi connectivity index (χ1n) is 9.18. The lowest BCUT2D eigenvalue weighted by Gasteiger charge is -2.17. The van der Waals surface area contributed by atoms with Crippen LogP contribution in [0.2, 0.25) is 10.0 Å². The van der Waals surface area contributed by atoms with Crippen LogP contribution in [-0.4, -0.2) is 38.7 Å². The van der Waals surface area contributed by atoms with Gasteiger partial charge in [0.2, 0.25) is 0 Å². The van der Waals surface area contributed by atoms with Crippen molar-refractivity contribution in [2.75, 3.05) is 33.8 Å². The molecule has 0 aliphatic rings. The van der Waals surface area contributed by atoms with Crippen LogP contribution in [0.5, 0.6) is 11.5 Å². The molecule has 0 amide bonds. The van der Waals surface area contributed by atoms with E-state index in [2.05, 4.69) is 30.4 Å². The van der Waals surface area contributed by atoms with E-state index in [-0.39, 0.29) is 24.8 Å². The summed E-state index contributed by atoms with van der Waals surface area (Å²) in [5.74, 6) is 1.50. The molecule has 0 fully saturated rings. The first kappa shape index (κ1) is 28.1. The SMILES string of the molecule is CCOc1cccc(CNCCCN(C)C)c1OCc1ccc(Cl)cc1Cl.Cl.Cl. The fourth-order valence-corrected chi connectivity index (χ4v) is 3.13. The van der Waals surface area contributed by atoms with Crippen LogP contribution in [-0.2, 0) is 13.2 Å². The quantitative estimate of drug-likeness (QED) is 0.406. The molecule has 0 saturated carbocycles. The van der Waals surface area contributed by atoms with Gasteiger partial charge in [0.15, 0.2) is 11.5 Å². The van der Waals surface area contributed by atoms with Crippen LogP contribution in [0, 0.1) is 0 Å². The van der Waals surface area contributed by atoms with Crippen LogP contribution >= 0.6 is 48.0 Å². The van der Waals surface area contributed by atoms with Crippen LogP contribution in [0.4, 0.5) is 0 Å². The molecule has 0 aliphatic carbocycles. The second-order valence-corrected chi connectivity index (χ2v) is 7.38. The van der Waals surface area contributed by atoms with Crippen molar-refractivity contribution >= 4 is 48.0 Å². The summed E-state index contributed by atoms with van der Waals surface area (Å²) >= 11 is 12.2. The van der Waals surface area contributed by atoms with E-state index in [1.165, 1.54) is 0 Å². The van der Waals surface area contributed by atoms with Gasteiger partial charge in [-0.05, 0) is 58.7 Å². The summed E-state index contributed by atoms with van der Waals surface area (Å²) in [7, 11) is 4.17. The summed E-state index contributed by atoms with van der Waals surface area (Å²) in [5.41, 5.74) is 1.95. The zero-order chi connectivity index (χ0) is 19.6. The normalized spacial score (nSPS) is 10.3. The average molecular weight is 484 g/mol. The number of benzene rings is 2. The summed E-state index contributed by atoms with van der Waals surface area (Å²) < 4.78 is 11.9. The Bertz CT molecular complexity index is 730. The van der Waals surface area contributed by atoms with E-state index in [0.717, 1.165) is 48.7 Å². The number of hydrogen-bond donors (Lipinski definition) is 1. The Hall–Kier alpha value is -0.880. The largest absolute Gasteiger partial charge is 0.490 e. The van der Waals surface area contributed by atoms with E-state index in [0.29, 0.717) is 23.3 Å². The minimum atomic E-state index is 0. The van der Waals surface area contributed by atoms with E-state index >= 15 is 0 Å². The Morgan fingerprint density at radius 1 is 1.00 bits per heavy atom.